The van der Waals surface area contributed by atoms with Crippen LogP contribution in [0.2, 0.25) is 0 Å². The lowest BCUT2D eigenvalue weighted by atomic mass is 10.2. The summed E-state index contributed by atoms with van der Waals surface area (Å²) < 4.78 is 40.2. The Morgan fingerprint density at radius 1 is 1.47 bits per heavy atom. The highest BCUT2D eigenvalue weighted by molar-refractivity contribution is 7.09. The topological polar surface area (TPSA) is 34.1 Å². The second-order valence-electron chi connectivity index (χ2n) is 4.26. The van der Waals surface area contributed by atoms with Gasteiger partial charge in [0.2, 0.25) is 0 Å². The van der Waals surface area contributed by atoms with Crippen molar-refractivity contribution in [3.05, 3.63) is 16.1 Å². The Labute approximate surface area is 115 Å². The third-order valence-electron chi connectivity index (χ3n) is 2.44. The standard InChI is InChI=1S/C12H19F3N2OS/c1-3-5-16-9(2)10-7-19-11(17-10)4-6-18-8-12(13,14)15/h7,9,16H,3-6,8H2,1-2H3. The molecule has 110 valence electrons. The number of thiazole rings is 1. The summed E-state index contributed by atoms with van der Waals surface area (Å²) in [7, 11) is 0. The average molecular weight is 296 g/mol. The van der Waals surface area contributed by atoms with Crippen molar-refractivity contribution in [2.45, 2.75) is 38.9 Å². The number of nitrogens with zero attached hydrogens (tertiary/aromatic N) is 1. The van der Waals surface area contributed by atoms with Gasteiger partial charge in [0.05, 0.1) is 17.3 Å². The van der Waals surface area contributed by atoms with E-state index in [0.717, 1.165) is 23.7 Å². The molecule has 0 aromatic carbocycles. The lowest BCUT2D eigenvalue weighted by molar-refractivity contribution is -0.173. The van der Waals surface area contributed by atoms with Gasteiger partial charge in [-0.05, 0) is 19.9 Å². The van der Waals surface area contributed by atoms with Crippen LogP contribution in [0.4, 0.5) is 13.2 Å². The van der Waals surface area contributed by atoms with Crippen molar-refractivity contribution in [3.63, 3.8) is 0 Å². The van der Waals surface area contributed by atoms with Crippen LogP contribution < -0.4 is 5.32 Å². The summed E-state index contributed by atoms with van der Waals surface area (Å²) in [5, 5.41) is 6.06. The van der Waals surface area contributed by atoms with E-state index in [2.05, 4.69) is 22.0 Å². The Morgan fingerprint density at radius 2 is 2.21 bits per heavy atom. The van der Waals surface area contributed by atoms with E-state index in [0.29, 0.717) is 6.42 Å². The molecule has 1 N–H and O–H groups in total. The van der Waals surface area contributed by atoms with Crippen LogP contribution in [0.5, 0.6) is 0 Å². The molecule has 1 rings (SSSR count). The second kappa shape index (κ2) is 7.81. The maximum absolute atomic E-state index is 11.9. The molecular formula is C12H19F3N2OS. The highest BCUT2D eigenvalue weighted by Crippen LogP contribution is 2.18. The van der Waals surface area contributed by atoms with Gasteiger partial charge in [-0.15, -0.1) is 11.3 Å². The van der Waals surface area contributed by atoms with Gasteiger partial charge in [-0.2, -0.15) is 13.2 Å². The van der Waals surface area contributed by atoms with E-state index in [1.165, 1.54) is 11.3 Å². The number of hydrogen-bond donors (Lipinski definition) is 1. The quantitative estimate of drug-likeness (QED) is 0.747. The van der Waals surface area contributed by atoms with Crippen LogP contribution in [0.3, 0.4) is 0 Å². The number of hydrogen-bond acceptors (Lipinski definition) is 4. The number of alkyl halides is 3. The third-order valence-corrected chi connectivity index (χ3v) is 3.37. The van der Waals surface area contributed by atoms with Crippen molar-refractivity contribution in [2.75, 3.05) is 19.8 Å². The normalized spacial score (nSPS) is 13.7. The smallest absolute Gasteiger partial charge is 0.372 e. The van der Waals surface area contributed by atoms with E-state index in [1.807, 2.05) is 12.3 Å². The van der Waals surface area contributed by atoms with Crippen LogP contribution in [-0.2, 0) is 11.2 Å². The number of ether oxygens (including phenoxy) is 1. The number of rotatable bonds is 8. The molecule has 0 fully saturated rings. The van der Waals surface area contributed by atoms with Gasteiger partial charge in [-0.3, -0.25) is 0 Å². The van der Waals surface area contributed by atoms with Gasteiger partial charge in [0.25, 0.3) is 0 Å². The molecule has 19 heavy (non-hydrogen) atoms. The molecule has 0 bridgehead atoms. The van der Waals surface area contributed by atoms with Gasteiger partial charge in [0, 0.05) is 17.8 Å². The SMILES string of the molecule is CCCNC(C)c1csc(CCOCC(F)(F)F)n1. The lowest BCUT2D eigenvalue weighted by Crippen LogP contribution is -2.19. The molecule has 7 heteroatoms. The van der Waals surface area contributed by atoms with E-state index in [4.69, 9.17) is 0 Å². The second-order valence-corrected chi connectivity index (χ2v) is 5.20. The molecule has 1 unspecified atom stereocenters. The van der Waals surface area contributed by atoms with E-state index in [9.17, 15) is 13.2 Å². The number of nitrogens with one attached hydrogen (secondary N) is 1. The molecule has 0 amide bonds. The maximum atomic E-state index is 11.9. The van der Waals surface area contributed by atoms with Crippen LogP contribution in [0.1, 0.15) is 37.0 Å². The van der Waals surface area contributed by atoms with Crippen LogP contribution >= 0.6 is 11.3 Å². The van der Waals surface area contributed by atoms with Gasteiger partial charge in [0.15, 0.2) is 0 Å². The summed E-state index contributed by atoms with van der Waals surface area (Å²) in [6, 6.07) is 0.168. The van der Waals surface area contributed by atoms with Gasteiger partial charge in [0.1, 0.15) is 6.61 Å². The zero-order valence-electron chi connectivity index (χ0n) is 11.1. The Kier molecular flexibility index (Phi) is 6.74. The van der Waals surface area contributed by atoms with Gasteiger partial charge >= 0.3 is 6.18 Å². The van der Waals surface area contributed by atoms with Crippen LogP contribution in [0.25, 0.3) is 0 Å². The van der Waals surface area contributed by atoms with E-state index < -0.39 is 12.8 Å². The van der Waals surface area contributed by atoms with Crippen molar-refractivity contribution < 1.29 is 17.9 Å². The first-order valence-electron chi connectivity index (χ1n) is 6.24. The fourth-order valence-corrected chi connectivity index (χ4v) is 2.32. The van der Waals surface area contributed by atoms with Gasteiger partial charge in [-0.25, -0.2) is 4.98 Å². The Morgan fingerprint density at radius 3 is 2.84 bits per heavy atom. The summed E-state index contributed by atoms with van der Waals surface area (Å²) in [4.78, 5) is 4.39. The summed E-state index contributed by atoms with van der Waals surface area (Å²) in [6.07, 6.45) is -2.79. The summed E-state index contributed by atoms with van der Waals surface area (Å²) >= 11 is 1.46. The van der Waals surface area contributed by atoms with Crippen molar-refractivity contribution in [3.8, 4) is 0 Å². The summed E-state index contributed by atoms with van der Waals surface area (Å²) in [6.45, 7) is 3.88. The molecule has 0 spiro atoms. The number of halogens is 3. The fourth-order valence-electron chi connectivity index (χ4n) is 1.45. The first-order valence-corrected chi connectivity index (χ1v) is 7.12. The first-order chi connectivity index (χ1) is 8.92. The Hall–Kier alpha value is -0.660. The van der Waals surface area contributed by atoms with Crippen LogP contribution in [0, 0.1) is 0 Å². The molecular weight excluding hydrogens is 277 g/mol. The van der Waals surface area contributed by atoms with Gasteiger partial charge < -0.3 is 10.1 Å². The minimum absolute atomic E-state index is 0.0449. The molecule has 0 radical (unpaired) electrons. The van der Waals surface area contributed by atoms with Crippen molar-refractivity contribution in [2.24, 2.45) is 0 Å². The zero-order chi connectivity index (χ0) is 14.3. The fraction of sp³-hybridized carbons (Fsp3) is 0.750. The molecule has 1 atom stereocenters. The lowest BCUT2D eigenvalue weighted by Gasteiger charge is -2.09. The monoisotopic (exact) mass is 296 g/mol. The minimum atomic E-state index is -4.26. The third kappa shape index (κ3) is 6.89. The molecule has 0 saturated carbocycles. The first kappa shape index (κ1) is 16.4. The van der Waals surface area contributed by atoms with Crippen LogP contribution in [-0.4, -0.2) is 30.9 Å². The molecule has 0 aliphatic heterocycles. The maximum Gasteiger partial charge on any atom is 0.411 e. The highest BCUT2D eigenvalue weighted by atomic mass is 32.1. The highest BCUT2D eigenvalue weighted by Gasteiger charge is 2.27. The molecule has 0 saturated heterocycles. The molecule has 0 aliphatic rings. The number of aromatic nitrogens is 1. The Bertz CT molecular complexity index is 368. The molecule has 0 aliphatic carbocycles. The van der Waals surface area contributed by atoms with Crippen LogP contribution in [0.15, 0.2) is 5.38 Å². The average Bonchev–Trinajstić information content (AvgIpc) is 2.79. The molecule has 1 aromatic rings. The summed E-state index contributed by atoms with van der Waals surface area (Å²) in [5.41, 5.74) is 0.935. The summed E-state index contributed by atoms with van der Waals surface area (Å²) in [5.74, 6) is 0. The predicted octanol–water partition coefficient (Wildman–Crippen LogP) is 3.33. The van der Waals surface area contributed by atoms with Crippen molar-refractivity contribution in [1.82, 2.24) is 10.3 Å². The largest absolute Gasteiger partial charge is 0.411 e. The Balaban J connectivity index is 2.30. The zero-order valence-corrected chi connectivity index (χ0v) is 11.9. The van der Waals surface area contributed by atoms with Gasteiger partial charge in [-0.1, -0.05) is 6.92 Å². The molecule has 1 heterocycles. The minimum Gasteiger partial charge on any atom is -0.372 e. The van der Waals surface area contributed by atoms with E-state index in [-0.39, 0.29) is 12.6 Å². The molecule has 3 nitrogen and oxygen atoms in total. The van der Waals surface area contributed by atoms with Crippen molar-refractivity contribution in [1.29, 1.82) is 0 Å². The van der Waals surface area contributed by atoms with Crippen molar-refractivity contribution >= 4 is 11.3 Å². The predicted molar refractivity (Wildman–Crippen MR) is 69.4 cm³/mol. The molecule has 1 aromatic heterocycles. The van der Waals surface area contributed by atoms with E-state index >= 15 is 0 Å². The van der Waals surface area contributed by atoms with E-state index in [1.54, 1.807) is 0 Å².